The van der Waals surface area contributed by atoms with Gasteiger partial charge in [-0.1, -0.05) is 129 Å². The van der Waals surface area contributed by atoms with E-state index in [1.165, 1.54) is 56.8 Å². The molecule has 0 fully saturated rings. The molecule has 0 N–H and O–H groups in total. The van der Waals surface area contributed by atoms with E-state index in [0.717, 1.165) is 58.0 Å². The summed E-state index contributed by atoms with van der Waals surface area (Å²) in [6.45, 7) is 8.10. The van der Waals surface area contributed by atoms with Crippen LogP contribution in [0.25, 0.3) is 21.5 Å². The van der Waals surface area contributed by atoms with Crippen molar-refractivity contribution in [3.63, 3.8) is 0 Å². The van der Waals surface area contributed by atoms with Crippen LogP contribution in [0.1, 0.15) is 95.2 Å². The highest BCUT2D eigenvalue weighted by molar-refractivity contribution is 5.97. The number of nitrogens with zero attached hydrogens (tertiary/aromatic N) is 3. The fraction of sp³-hybridized carbons (Fsp3) is 0.368. The monoisotopic (exact) mass is 541 g/mol. The second-order valence-electron chi connectivity index (χ2n) is 10.5. The molecule has 210 valence electrons. The molecule has 0 unspecified atom stereocenters. The van der Waals surface area contributed by atoms with Crippen molar-refractivity contribution >= 4 is 27.2 Å². The van der Waals surface area contributed by atoms with Gasteiger partial charge in [-0.3, -0.25) is 5.01 Å². The Balaban J connectivity index is 1.50. The van der Waals surface area contributed by atoms with Crippen LogP contribution < -0.4 is 0 Å². The Morgan fingerprint density at radius 3 is 1.61 bits per heavy atom. The highest BCUT2D eigenvalue weighted by Crippen LogP contribution is 2.29. The Labute approximate surface area is 247 Å². The Morgan fingerprint density at radius 2 is 1.02 bits per heavy atom. The van der Waals surface area contributed by atoms with Gasteiger partial charge in [0.1, 0.15) is 0 Å². The van der Waals surface area contributed by atoms with Crippen molar-refractivity contribution in [2.75, 3.05) is 13.1 Å². The van der Waals surface area contributed by atoms with Crippen LogP contribution in [0.3, 0.4) is 0 Å². The van der Waals surface area contributed by atoms with Crippen LogP contribution in [-0.4, -0.2) is 18.1 Å². The van der Waals surface area contributed by atoms with Gasteiger partial charge in [0.25, 0.3) is 0 Å². The van der Waals surface area contributed by atoms with E-state index in [1.807, 2.05) is 17.1 Å². The predicted octanol–water partition coefficient (Wildman–Crippen LogP) is 10.6. The van der Waals surface area contributed by atoms with Crippen LogP contribution in [0.5, 0.6) is 0 Å². The zero-order valence-corrected chi connectivity index (χ0v) is 25.0. The van der Waals surface area contributed by atoms with Gasteiger partial charge >= 0.3 is 0 Å². The van der Waals surface area contributed by atoms with Gasteiger partial charge < -0.3 is 0 Å². The Bertz CT molecular complexity index is 1570. The van der Waals surface area contributed by atoms with E-state index in [9.17, 15) is 0 Å². The van der Waals surface area contributed by atoms with Gasteiger partial charge in [-0.05, 0) is 60.7 Å². The Morgan fingerprint density at radius 1 is 0.537 bits per heavy atom. The molecule has 0 radical (unpaired) electrons. The van der Waals surface area contributed by atoms with Crippen molar-refractivity contribution in [2.24, 2.45) is 10.3 Å². The Hall–Kier alpha value is -4.08. The molecule has 3 heteroatoms. The first kappa shape index (κ1) is 29.9. The summed E-state index contributed by atoms with van der Waals surface area (Å²) in [5, 5.41) is 15.3. The quantitative estimate of drug-likeness (QED) is 0.0758. The van der Waals surface area contributed by atoms with Crippen LogP contribution in [0, 0.1) is 23.7 Å². The first-order chi connectivity index (χ1) is 20.2. The fourth-order valence-corrected chi connectivity index (χ4v) is 5.10. The van der Waals surface area contributed by atoms with Gasteiger partial charge in [-0.15, -0.1) is 5.11 Å². The van der Waals surface area contributed by atoms with Gasteiger partial charge in [0.2, 0.25) is 0 Å². The molecule has 0 spiro atoms. The molecular weight excluding hydrogens is 498 g/mol. The summed E-state index contributed by atoms with van der Waals surface area (Å²) in [7, 11) is 0. The molecule has 0 aliphatic heterocycles. The molecule has 0 saturated heterocycles. The standard InChI is InChI=1S/C38H43N3/c1-4-7-8-9-10-11-12-13-14-15-20-31-25-26-32(35-22-17-16-21-34(31)35)27-28-33-29-30-38(39-40-41(5-2)6-3)37-24-19-18-23-36(33)37/h16-19,21-26,29-30H,4-14H2,1-3H3. The molecular formula is C38H43N3. The molecule has 3 nitrogen and oxygen atoms in total. The van der Waals surface area contributed by atoms with Gasteiger partial charge in [0.15, 0.2) is 0 Å². The van der Waals surface area contributed by atoms with Crippen molar-refractivity contribution in [1.29, 1.82) is 0 Å². The van der Waals surface area contributed by atoms with Crippen molar-refractivity contribution in [3.8, 4) is 23.7 Å². The second kappa shape index (κ2) is 16.2. The van der Waals surface area contributed by atoms with Crippen molar-refractivity contribution in [2.45, 2.75) is 78.6 Å². The zero-order valence-electron chi connectivity index (χ0n) is 25.0. The summed E-state index contributed by atoms with van der Waals surface area (Å²) in [6, 6.07) is 25.1. The zero-order chi connectivity index (χ0) is 28.7. The minimum Gasteiger partial charge on any atom is -0.279 e. The molecule has 4 aromatic rings. The van der Waals surface area contributed by atoms with E-state index >= 15 is 0 Å². The molecule has 41 heavy (non-hydrogen) atoms. The lowest BCUT2D eigenvalue weighted by Crippen LogP contribution is -2.14. The minimum atomic E-state index is 0.832. The van der Waals surface area contributed by atoms with Crippen molar-refractivity contribution < 1.29 is 0 Å². The molecule has 0 bridgehead atoms. The maximum atomic E-state index is 4.53. The molecule has 0 heterocycles. The number of rotatable bonds is 12. The predicted molar refractivity (Wildman–Crippen MR) is 175 cm³/mol. The SMILES string of the molecule is CCCCCCCCCCC#Cc1ccc(C#Cc2ccc(N=NN(CC)CC)c3ccccc23)c2ccccc12. The van der Waals surface area contributed by atoms with Gasteiger partial charge in [-0.2, -0.15) is 0 Å². The first-order valence-electron chi connectivity index (χ1n) is 15.5. The van der Waals surface area contributed by atoms with E-state index in [1.54, 1.807) is 0 Å². The minimum absolute atomic E-state index is 0.832. The molecule has 4 rings (SSSR count). The third kappa shape index (κ3) is 8.45. The fourth-order valence-electron chi connectivity index (χ4n) is 5.10. The van der Waals surface area contributed by atoms with E-state index in [-0.39, 0.29) is 0 Å². The average Bonchev–Trinajstić information content (AvgIpc) is 3.02. The van der Waals surface area contributed by atoms with Crippen LogP contribution in [0.15, 0.2) is 83.1 Å². The summed E-state index contributed by atoms with van der Waals surface area (Å²) < 4.78 is 0. The largest absolute Gasteiger partial charge is 0.279 e. The molecule has 0 atom stereocenters. The number of unbranched alkanes of at least 4 members (excludes halogenated alkanes) is 8. The molecule has 0 aliphatic carbocycles. The normalized spacial score (nSPS) is 10.9. The lowest BCUT2D eigenvalue weighted by molar-refractivity contribution is 0.301. The highest BCUT2D eigenvalue weighted by Gasteiger charge is 2.06. The molecule has 0 amide bonds. The molecule has 4 aromatic carbocycles. The summed E-state index contributed by atoms with van der Waals surface area (Å²) in [4.78, 5) is 0. The number of hydrogen-bond acceptors (Lipinski definition) is 2. The molecule has 0 aliphatic rings. The smallest absolute Gasteiger partial charge is 0.0953 e. The van der Waals surface area contributed by atoms with Crippen LogP contribution in [0.2, 0.25) is 0 Å². The van der Waals surface area contributed by atoms with E-state index in [2.05, 4.69) is 115 Å². The summed E-state index contributed by atoms with van der Waals surface area (Å²) in [6.07, 6.45) is 11.6. The molecule has 0 saturated carbocycles. The lowest BCUT2D eigenvalue weighted by Gasteiger charge is -2.11. The Kier molecular flexibility index (Phi) is 11.8. The first-order valence-corrected chi connectivity index (χ1v) is 15.5. The average molecular weight is 542 g/mol. The number of fused-ring (bicyclic) bond motifs is 2. The van der Waals surface area contributed by atoms with Crippen LogP contribution in [0.4, 0.5) is 5.69 Å². The van der Waals surface area contributed by atoms with E-state index < -0.39 is 0 Å². The van der Waals surface area contributed by atoms with Gasteiger partial charge in [-0.25, -0.2) is 0 Å². The van der Waals surface area contributed by atoms with E-state index in [0.29, 0.717) is 0 Å². The van der Waals surface area contributed by atoms with Crippen molar-refractivity contribution in [3.05, 3.63) is 89.5 Å². The highest BCUT2D eigenvalue weighted by atomic mass is 15.5. The van der Waals surface area contributed by atoms with Gasteiger partial charge in [0, 0.05) is 41.6 Å². The maximum absolute atomic E-state index is 4.53. The van der Waals surface area contributed by atoms with Crippen molar-refractivity contribution in [1.82, 2.24) is 5.01 Å². The third-order valence-corrected chi connectivity index (χ3v) is 7.54. The topological polar surface area (TPSA) is 28.0 Å². The number of hydrogen-bond donors (Lipinski definition) is 0. The second-order valence-corrected chi connectivity index (χ2v) is 10.5. The summed E-state index contributed by atoms with van der Waals surface area (Å²) in [5.74, 6) is 13.8. The van der Waals surface area contributed by atoms with E-state index in [4.69, 9.17) is 0 Å². The lowest BCUT2D eigenvalue weighted by atomic mass is 9.98. The van der Waals surface area contributed by atoms with Gasteiger partial charge in [0.05, 0.1) is 5.69 Å². The van der Waals surface area contributed by atoms with Crippen LogP contribution >= 0.6 is 0 Å². The third-order valence-electron chi connectivity index (χ3n) is 7.54. The summed E-state index contributed by atoms with van der Waals surface area (Å²) in [5.41, 5.74) is 3.95. The molecule has 0 aromatic heterocycles. The number of benzene rings is 4. The summed E-state index contributed by atoms with van der Waals surface area (Å²) >= 11 is 0. The van der Waals surface area contributed by atoms with Crippen LogP contribution in [-0.2, 0) is 0 Å². The maximum Gasteiger partial charge on any atom is 0.0953 e.